The van der Waals surface area contributed by atoms with Gasteiger partial charge in [0, 0.05) is 25.7 Å². The van der Waals surface area contributed by atoms with E-state index in [1.165, 1.54) is 33.7 Å². The van der Waals surface area contributed by atoms with Crippen LogP contribution in [0.5, 0.6) is 0 Å². The molecule has 1 aliphatic heterocycles. The average Bonchev–Trinajstić information content (AvgIpc) is 3.43. The van der Waals surface area contributed by atoms with Crippen molar-refractivity contribution in [2.24, 2.45) is 0 Å². The Morgan fingerprint density at radius 2 is 2.06 bits per heavy atom. The van der Waals surface area contributed by atoms with Crippen LogP contribution in [-0.2, 0) is 0 Å². The molecule has 1 amide bonds. The fraction of sp³-hybridized carbons (Fsp3) is 0.348. The number of amides is 1. The molecule has 8 heteroatoms. The molecule has 0 spiro atoms. The van der Waals surface area contributed by atoms with Gasteiger partial charge in [0.2, 0.25) is 5.82 Å². The molecule has 31 heavy (non-hydrogen) atoms. The number of likely N-dealkylation sites (tertiary alicyclic amines) is 1. The standard InChI is InChI=1S/C23H26FN5OS/c1-16(2)8-11-28-12-9-18(10-13-28)25-23(30)21-26-22(20-7-4-14-31-20)29(27-21)19-6-3-5-17(24)15-19/h3-8,14-15,18H,9-13H2,1-2H3,(H,25,30). The highest BCUT2D eigenvalue weighted by Gasteiger charge is 2.24. The number of nitrogens with one attached hydrogen (secondary N) is 1. The van der Waals surface area contributed by atoms with E-state index in [9.17, 15) is 9.18 Å². The van der Waals surface area contributed by atoms with Crippen molar-refractivity contribution < 1.29 is 9.18 Å². The van der Waals surface area contributed by atoms with Crippen LogP contribution in [0, 0.1) is 5.82 Å². The lowest BCUT2D eigenvalue weighted by Crippen LogP contribution is -2.44. The van der Waals surface area contributed by atoms with Gasteiger partial charge in [-0.25, -0.2) is 14.1 Å². The first kappa shape index (κ1) is 21.4. The van der Waals surface area contributed by atoms with Crippen LogP contribution < -0.4 is 5.32 Å². The number of allylic oxidation sites excluding steroid dienone is 1. The zero-order valence-corrected chi connectivity index (χ0v) is 18.5. The Kier molecular flexibility index (Phi) is 6.58. The topological polar surface area (TPSA) is 63.1 Å². The van der Waals surface area contributed by atoms with E-state index in [4.69, 9.17) is 0 Å². The molecular formula is C23H26FN5OS. The second-order valence-corrected chi connectivity index (χ2v) is 8.91. The van der Waals surface area contributed by atoms with Crippen LogP contribution in [0.15, 0.2) is 53.4 Å². The van der Waals surface area contributed by atoms with Crippen molar-refractivity contribution in [2.45, 2.75) is 32.7 Å². The third kappa shape index (κ3) is 5.26. The van der Waals surface area contributed by atoms with Crippen molar-refractivity contribution >= 4 is 17.2 Å². The summed E-state index contributed by atoms with van der Waals surface area (Å²) in [6, 6.07) is 10.0. The number of nitrogens with zero attached hydrogens (tertiary/aromatic N) is 4. The van der Waals surface area contributed by atoms with E-state index < -0.39 is 0 Å². The van der Waals surface area contributed by atoms with Gasteiger partial charge in [0.25, 0.3) is 5.91 Å². The summed E-state index contributed by atoms with van der Waals surface area (Å²) in [4.78, 5) is 20.7. The summed E-state index contributed by atoms with van der Waals surface area (Å²) in [7, 11) is 0. The Morgan fingerprint density at radius 1 is 1.26 bits per heavy atom. The molecule has 0 atom stereocenters. The Bertz CT molecular complexity index is 1060. The smallest absolute Gasteiger partial charge is 0.291 e. The summed E-state index contributed by atoms with van der Waals surface area (Å²) < 4.78 is 15.3. The van der Waals surface area contributed by atoms with E-state index in [1.54, 1.807) is 12.1 Å². The fourth-order valence-corrected chi connectivity index (χ4v) is 4.28. The molecule has 3 heterocycles. The van der Waals surface area contributed by atoms with Crippen molar-refractivity contribution in [3.8, 4) is 16.4 Å². The van der Waals surface area contributed by atoms with Crippen LogP contribution in [0.1, 0.15) is 37.3 Å². The minimum absolute atomic E-state index is 0.0969. The molecule has 4 rings (SSSR count). The molecule has 0 aliphatic carbocycles. The summed E-state index contributed by atoms with van der Waals surface area (Å²) in [5.41, 5.74) is 1.85. The molecule has 1 N–H and O–H groups in total. The largest absolute Gasteiger partial charge is 0.346 e. The average molecular weight is 440 g/mol. The number of rotatable bonds is 6. The predicted molar refractivity (Wildman–Crippen MR) is 121 cm³/mol. The van der Waals surface area contributed by atoms with Gasteiger partial charge in [-0.2, -0.15) is 0 Å². The minimum Gasteiger partial charge on any atom is -0.346 e. The van der Waals surface area contributed by atoms with E-state index in [0.717, 1.165) is 37.4 Å². The quantitative estimate of drug-likeness (QED) is 0.582. The number of hydrogen-bond acceptors (Lipinski definition) is 5. The van der Waals surface area contributed by atoms with Gasteiger partial charge >= 0.3 is 0 Å². The SMILES string of the molecule is CC(C)=CCN1CCC(NC(=O)c2nc(-c3cccs3)n(-c3cccc(F)c3)n2)CC1. The fourth-order valence-electron chi connectivity index (χ4n) is 3.58. The van der Waals surface area contributed by atoms with Gasteiger partial charge in [-0.15, -0.1) is 16.4 Å². The Labute approximate surface area is 185 Å². The molecule has 1 fully saturated rings. The van der Waals surface area contributed by atoms with E-state index in [-0.39, 0.29) is 23.6 Å². The van der Waals surface area contributed by atoms with Crippen LogP contribution in [0.3, 0.4) is 0 Å². The number of carbonyl (C=O) groups excluding carboxylic acids is 1. The number of benzene rings is 1. The molecule has 2 aromatic heterocycles. The number of halogens is 1. The number of carbonyl (C=O) groups is 1. The van der Waals surface area contributed by atoms with Crippen LogP contribution in [0.2, 0.25) is 0 Å². The van der Waals surface area contributed by atoms with E-state index >= 15 is 0 Å². The van der Waals surface area contributed by atoms with Crippen molar-refractivity contribution in [3.63, 3.8) is 0 Å². The number of piperidine rings is 1. The molecule has 3 aromatic rings. The van der Waals surface area contributed by atoms with Gasteiger partial charge in [0.1, 0.15) is 5.82 Å². The molecule has 0 bridgehead atoms. The lowest BCUT2D eigenvalue weighted by Gasteiger charge is -2.31. The van der Waals surface area contributed by atoms with Crippen molar-refractivity contribution in [3.05, 3.63) is 65.1 Å². The second kappa shape index (κ2) is 9.53. The van der Waals surface area contributed by atoms with Crippen LogP contribution >= 0.6 is 11.3 Å². The number of aromatic nitrogens is 3. The van der Waals surface area contributed by atoms with Crippen molar-refractivity contribution in [1.29, 1.82) is 0 Å². The van der Waals surface area contributed by atoms with Crippen LogP contribution in [0.25, 0.3) is 16.4 Å². The molecule has 6 nitrogen and oxygen atoms in total. The number of hydrogen-bond donors (Lipinski definition) is 1. The Balaban J connectivity index is 1.49. The predicted octanol–water partition coefficient (Wildman–Crippen LogP) is 4.30. The second-order valence-electron chi connectivity index (χ2n) is 7.96. The summed E-state index contributed by atoms with van der Waals surface area (Å²) in [5.74, 6) is -0.0337. The lowest BCUT2D eigenvalue weighted by atomic mass is 10.0. The Morgan fingerprint density at radius 3 is 2.74 bits per heavy atom. The molecule has 1 aliphatic rings. The maximum absolute atomic E-state index is 13.8. The maximum Gasteiger partial charge on any atom is 0.291 e. The van der Waals surface area contributed by atoms with Gasteiger partial charge < -0.3 is 5.32 Å². The first-order valence-corrected chi connectivity index (χ1v) is 11.3. The third-order valence-corrected chi connectivity index (χ3v) is 6.15. The number of thiophene rings is 1. The summed E-state index contributed by atoms with van der Waals surface area (Å²) in [5, 5.41) is 9.43. The monoisotopic (exact) mass is 439 g/mol. The summed E-state index contributed by atoms with van der Waals surface area (Å²) >= 11 is 1.50. The van der Waals surface area contributed by atoms with Gasteiger partial charge in [-0.1, -0.05) is 23.8 Å². The first-order chi connectivity index (χ1) is 15.0. The summed E-state index contributed by atoms with van der Waals surface area (Å²) in [6.07, 6.45) is 4.02. The molecule has 162 valence electrons. The van der Waals surface area contributed by atoms with Crippen molar-refractivity contribution in [2.75, 3.05) is 19.6 Å². The Hall–Kier alpha value is -2.84. The molecule has 1 saturated heterocycles. The summed E-state index contributed by atoms with van der Waals surface area (Å²) in [6.45, 7) is 7.05. The molecule has 1 aromatic carbocycles. The van der Waals surface area contributed by atoms with Crippen LogP contribution in [0.4, 0.5) is 4.39 Å². The van der Waals surface area contributed by atoms with Crippen LogP contribution in [-0.4, -0.2) is 51.2 Å². The van der Waals surface area contributed by atoms with Gasteiger partial charge in [0.15, 0.2) is 5.82 Å². The zero-order chi connectivity index (χ0) is 21.8. The molecule has 0 unspecified atom stereocenters. The zero-order valence-electron chi connectivity index (χ0n) is 17.7. The molecular weight excluding hydrogens is 413 g/mol. The van der Waals surface area contributed by atoms with Gasteiger partial charge in [-0.3, -0.25) is 9.69 Å². The van der Waals surface area contributed by atoms with Crippen molar-refractivity contribution in [1.82, 2.24) is 25.0 Å². The minimum atomic E-state index is -0.365. The highest BCUT2D eigenvalue weighted by molar-refractivity contribution is 7.13. The van der Waals surface area contributed by atoms with Gasteiger partial charge in [-0.05, 0) is 56.3 Å². The lowest BCUT2D eigenvalue weighted by molar-refractivity contribution is 0.0903. The first-order valence-electron chi connectivity index (χ1n) is 10.4. The molecule has 0 saturated carbocycles. The van der Waals surface area contributed by atoms with E-state index in [1.807, 2.05) is 17.5 Å². The van der Waals surface area contributed by atoms with E-state index in [2.05, 4.69) is 40.2 Å². The highest BCUT2D eigenvalue weighted by atomic mass is 32.1. The maximum atomic E-state index is 13.8. The highest BCUT2D eigenvalue weighted by Crippen LogP contribution is 2.26. The molecule has 0 radical (unpaired) electrons. The third-order valence-electron chi connectivity index (χ3n) is 5.29. The van der Waals surface area contributed by atoms with E-state index in [0.29, 0.717) is 11.5 Å². The normalized spacial score (nSPS) is 15.1. The van der Waals surface area contributed by atoms with Gasteiger partial charge in [0.05, 0.1) is 10.6 Å².